The van der Waals surface area contributed by atoms with Gasteiger partial charge < -0.3 is 44.0 Å². The number of nitrogens with zero attached hydrogens (tertiary/aromatic N) is 1. The van der Waals surface area contributed by atoms with Gasteiger partial charge >= 0.3 is 5.97 Å². The Labute approximate surface area is 215 Å². The highest BCUT2D eigenvalue weighted by Crippen LogP contribution is 2.08. The molecule has 0 aliphatic carbocycles. The predicted molar refractivity (Wildman–Crippen MR) is 138 cm³/mol. The molecule has 0 saturated heterocycles. The molecule has 0 aliphatic rings. The van der Waals surface area contributed by atoms with E-state index in [0.717, 1.165) is 0 Å². The van der Waals surface area contributed by atoms with Crippen LogP contribution in [-0.4, -0.2) is 83.4 Å². The Morgan fingerprint density at radius 3 is 2.00 bits per heavy atom. The van der Waals surface area contributed by atoms with E-state index >= 15 is 0 Å². The number of carbonyl (C=O) groups is 5. The fourth-order valence-corrected chi connectivity index (χ4v) is 3.50. The smallest absolute Gasteiger partial charge is 0.326 e. The van der Waals surface area contributed by atoms with Crippen LogP contribution >= 0.6 is 11.8 Å². The number of rotatable bonds is 18. The molecule has 0 aliphatic heterocycles. The van der Waals surface area contributed by atoms with Gasteiger partial charge in [0, 0.05) is 13.0 Å². The first-order valence-corrected chi connectivity index (χ1v) is 12.9. The Morgan fingerprint density at radius 2 is 1.50 bits per heavy atom. The van der Waals surface area contributed by atoms with Gasteiger partial charge in [-0.3, -0.25) is 24.2 Å². The van der Waals surface area contributed by atoms with Crippen molar-refractivity contribution in [1.82, 2.24) is 16.0 Å². The minimum Gasteiger partial charge on any atom is -0.480 e. The van der Waals surface area contributed by atoms with Crippen molar-refractivity contribution < 1.29 is 29.1 Å². The summed E-state index contributed by atoms with van der Waals surface area (Å²) in [5, 5.41) is 16.9. The van der Waals surface area contributed by atoms with Gasteiger partial charge in [-0.15, -0.1) is 0 Å². The Hall–Kier alpha value is -3.07. The third-order valence-corrected chi connectivity index (χ3v) is 5.73. The van der Waals surface area contributed by atoms with Gasteiger partial charge in [-0.25, -0.2) is 4.79 Å². The van der Waals surface area contributed by atoms with Gasteiger partial charge in [0.1, 0.15) is 18.1 Å². The SMILES string of the molecule is CSCCC(NC(=O)C(N)CCCN=C(N)N)C(=O)NC(C(=O)NC(CCC(N)=O)C(=O)O)C(C)C. The van der Waals surface area contributed by atoms with Crippen LogP contribution in [0.5, 0.6) is 0 Å². The van der Waals surface area contributed by atoms with E-state index in [-0.39, 0.29) is 25.2 Å². The summed E-state index contributed by atoms with van der Waals surface area (Å²) in [4.78, 5) is 64.7. The standard InChI is InChI=1S/C21H40N8O6S/c1-11(2)16(19(33)28-14(20(34)35)6-7-15(23)30)29-18(32)13(8-10-36-3)27-17(31)12(22)5-4-9-26-21(24)25/h11-14,16H,4-10,22H2,1-3H3,(H2,23,30)(H,27,31)(H,28,33)(H,29,32)(H,34,35)(H4,24,25,26). The van der Waals surface area contributed by atoms with Crippen molar-refractivity contribution in [3.63, 3.8) is 0 Å². The van der Waals surface area contributed by atoms with E-state index in [1.165, 1.54) is 11.8 Å². The number of aliphatic imine (C=N–C) groups is 1. The van der Waals surface area contributed by atoms with Gasteiger partial charge in [-0.1, -0.05) is 13.8 Å². The van der Waals surface area contributed by atoms with Gasteiger partial charge in [0.25, 0.3) is 0 Å². The zero-order valence-corrected chi connectivity index (χ0v) is 21.8. The molecule has 4 amide bonds. The second-order valence-electron chi connectivity index (χ2n) is 8.53. The molecule has 0 aromatic rings. The van der Waals surface area contributed by atoms with Crippen LogP contribution < -0.4 is 38.9 Å². The van der Waals surface area contributed by atoms with Crippen LogP contribution in [0.3, 0.4) is 0 Å². The molecular weight excluding hydrogens is 492 g/mol. The normalized spacial score (nSPS) is 14.1. The van der Waals surface area contributed by atoms with Crippen molar-refractivity contribution in [2.24, 2.45) is 33.8 Å². The molecule has 0 aromatic heterocycles. The van der Waals surface area contributed by atoms with E-state index in [1.54, 1.807) is 13.8 Å². The van der Waals surface area contributed by atoms with Crippen molar-refractivity contribution in [2.75, 3.05) is 18.6 Å². The number of thioether (sulfide) groups is 1. The summed E-state index contributed by atoms with van der Waals surface area (Å²) < 4.78 is 0. The molecule has 0 fully saturated rings. The van der Waals surface area contributed by atoms with Crippen LogP contribution in [0.25, 0.3) is 0 Å². The lowest BCUT2D eigenvalue weighted by Gasteiger charge is -2.27. The number of primary amides is 1. The summed E-state index contributed by atoms with van der Waals surface area (Å²) in [5.74, 6) is -3.84. The third-order valence-electron chi connectivity index (χ3n) is 5.09. The molecule has 4 atom stereocenters. The van der Waals surface area contributed by atoms with Gasteiger partial charge in [-0.2, -0.15) is 11.8 Å². The fourth-order valence-electron chi connectivity index (χ4n) is 3.03. The summed E-state index contributed by atoms with van der Waals surface area (Å²) in [6.45, 7) is 3.65. The average molecular weight is 533 g/mol. The maximum atomic E-state index is 13.0. The molecule has 0 spiro atoms. The molecule has 4 unspecified atom stereocenters. The van der Waals surface area contributed by atoms with Crippen LogP contribution in [0.2, 0.25) is 0 Å². The van der Waals surface area contributed by atoms with Crippen LogP contribution in [0.15, 0.2) is 4.99 Å². The largest absolute Gasteiger partial charge is 0.480 e. The molecule has 0 heterocycles. The first-order chi connectivity index (χ1) is 16.8. The highest BCUT2D eigenvalue weighted by Gasteiger charge is 2.31. The van der Waals surface area contributed by atoms with Crippen molar-refractivity contribution in [2.45, 2.75) is 70.1 Å². The highest BCUT2D eigenvalue weighted by molar-refractivity contribution is 7.98. The number of carboxylic acids is 1. The minimum absolute atomic E-state index is 0.0619. The monoisotopic (exact) mass is 532 g/mol. The number of nitrogens with one attached hydrogen (secondary N) is 3. The molecule has 0 bridgehead atoms. The number of carboxylic acid groups (broad SMARTS) is 1. The van der Waals surface area contributed by atoms with E-state index in [1.807, 2.05) is 6.26 Å². The Kier molecular flexibility index (Phi) is 15.9. The quantitative estimate of drug-likeness (QED) is 0.0526. The number of guanidine groups is 1. The summed E-state index contributed by atoms with van der Waals surface area (Å²) in [7, 11) is 0. The van der Waals surface area contributed by atoms with Crippen molar-refractivity contribution in [3.8, 4) is 0 Å². The lowest BCUT2D eigenvalue weighted by atomic mass is 10.0. The van der Waals surface area contributed by atoms with E-state index in [0.29, 0.717) is 25.1 Å². The lowest BCUT2D eigenvalue weighted by molar-refractivity contribution is -0.143. The summed E-state index contributed by atoms with van der Waals surface area (Å²) >= 11 is 1.47. The van der Waals surface area contributed by atoms with Crippen molar-refractivity contribution in [3.05, 3.63) is 0 Å². The molecular formula is C21H40N8O6S. The maximum absolute atomic E-state index is 13.0. The number of hydrogen-bond donors (Lipinski definition) is 8. The number of amides is 4. The molecule has 0 aromatic carbocycles. The van der Waals surface area contributed by atoms with Gasteiger partial charge in [0.05, 0.1) is 6.04 Å². The first kappa shape index (κ1) is 32.9. The van der Waals surface area contributed by atoms with Crippen LogP contribution in [0.4, 0.5) is 0 Å². The van der Waals surface area contributed by atoms with E-state index < -0.39 is 59.7 Å². The van der Waals surface area contributed by atoms with E-state index in [4.69, 9.17) is 22.9 Å². The van der Waals surface area contributed by atoms with Gasteiger partial charge in [0.15, 0.2) is 5.96 Å². The molecule has 12 N–H and O–H groups in total. The molecule has 14 nitrogen and oxygen atoms in total. The van der Waals surface area contributed by atoms with Gasteiger partial charge in [0.2, 0.25) is 23.6 Å². The second-order valence-corrected chi connectivity index (χ2v) is 9.52. The first-order valence-electron chi connectivity index (χ1n) is 11.5. The average Bonchev–Trinajstić information content (AvgIpc) is 2.78. The minimum atomic E-state index is -1.35. The zero-order valence-electron chi connectivity index (χ0n) is 21.0. The number of nitrogens with two attached hydrogens (primary N) is 4. The van der Waals surface area contributed by atoms with E-state index in [9.17, 15) is 29.1 Å². The molecule has 0 radical (unpaired) electrons. The van der Waals surface area contributed by atoms with Crippen LogP contribution in [0.1, 0.15) is 46.0 Å². The Bertz CT molecular complexity index is 790. The van der Waals surface area contributed by atoms with E-state index in [2.05, 4.69) is 20.9 Å². The zero-order chi connectivity index (χ0) is 27.8. The number of hydrogen-bond acceptors (Lipinski definition) is 8. The van der Waals surface area contributed by atoms with Gasteiger partial charge in [-0.05, 0) is 43.6 Å². The summed E-state index contributed by atoms with van der Waals surface area (Å²) in [6, 6.07) is -4.30. The van der Waals surface area contributed by atoms with Crippen molar-refractivity contribution in [1.29, 1.82) is 0 Å². The predicted octanol–water partition coefficient (Wildman–Crippen LogP) is -2.42. The second kappa shape index (κ2) is 17.4. The summed E-state index contributed by atoms with van der Waals surface area (Å²) in [6.07, 6.45) is 2.45. The lowest BCUT2D eigenvalue weighted by Crippen LogP contribution is -2.58. The topological polar surface area (TPSA) is 258 Å². The molecule has 0 saturated carbocycles. The Morgan fingerprint density at radius 1 is 0.889 bits per heavy atom. The fraction of sp³-hybridized carbons (Fsp3) is 0.714. The highest BCUT2D eigenvalue weighted by atomic mass is 32.2. The summed E-state index contributed by atoms with van der Waals surface area (Å²) in [5.41, 5.74) is 21.5. The maximum Gasteiger partial charge on any atom is 0.326 e. The number of carbonyl (C=O) groups excluding carboxylic acids is 4. The molecule has 36 heavy (non-hydrogen) atoms. The Balaban J connectivity index is 5.30. The number of aliphatic carboxylic acids is 1. The molecule has 0 rings (SSSR count). The third kappa shape index (κ3) is 13.7. The molecule has 206 valence electrons. The van der Waals surface area contributed by atoms with Crippen molar-refractivity contribution >= 4 is 47.3 Å². The molecule has 15 heteroatoms. The van der Waals surface area contributed by atoms with Crippen LogP contribution in [-0.2, 0) is 24.0 Å². The van der Waals surface area contributed by atoms with Crippen LogP contribution in [0, 0.1) is 5.92 Å².